The number of aliphatic hydroxyl groups is 2. The van der Waals surface area contributed by atoms with E-state index in [2.05, 4.69) is 17.9 Å². The number of piperidine rings is 1. The Kier molecular flexibility index (Phi) is 2.50. The Hall–Kier alpha value is -0.380. The van der Waals surface area contributed by atoms with E-state index in [1.807, 2.05) is 0 Å². The maximum Gasteiger partial charge on any atom is 0.128 e. The molecule has 2 bridgehead atoms. The van der Waals surface area contributed by atoms with E-state index in [-0.39, 0.29) is 11.5 Å². The zero-order chi connectivity index (χ0) is 13.3. The Morgan fingerprint density at radius 1 is 1.32 bits per heavy atom. The Morgan fingerprint density at radius 2 is 2.16 bits per heavy atom. The van der Waals surface area contributed by atoms with Crippen molar-refractivity contribution in [1.29, 1.82) is 0 Å². The van der Waals surface area contributed by atoms with E-state index in [1.165, 1.54) is 12.0 Å². The molecule has 19 heavy (non-hydrogen) atoms. The standard InChI is InChI=1S/C16H25NO2/c1-11-8-12-9-14(18)13-4-2-6-17-7-3-5-15(12,13)16(17,19)10-11/h4,11-12,14,18-19H,2-3,5-10H2,1H3/t11-,12-,14-,15-,16-/m0/s1. The molecule has 0 radical (unpaired) electrons. The average molecular weight is 263 g/mol. The summed E-state index contributed by atoms with van der Waals surface area (Å²) in [7, 11) is 0. The van der Waals surface area contributed by atoms with Crippen LogP contribution >= 0.6 is 0 Å². The predicted octanol–water partition coefficient (Wildman–Crippen LogP) is 1.90. The average Bonchev–Trinajstić information content (AvgIpc) is 2.59. The van der Waals surface area contributed by atoms with Crippen molar-refractivity contribution in [3.05, 3.63) is 11.6 Å². The van der Waals surface area contributed by atoms with Gasteiger partial charge in [-0.1, -0.05) is 13.0 Å². The van der Waals surface area contributed by atoms with Crippen LogP contribution in [0.4, 0.5) is 0 Å². The summed E-state index contributed by atoms with van der Waals surface area (Å²) in [5.74, 6) is 1.04. The van der Waals surface area contributed by atoms with Crippen LogP contribution in [0, 0.1) is 17.3 Å². The molecule has 2 heterocycles. The minimum atomic E-state index is -0.687. The summed E-state index contributed by atoms with van der Waals surface area (Å²) in [6, 6.07) is 0. The minimum Gasteiger partial charge on any atom is -0.389 e. The Morgan fingerprint density at radius 3 is 3.00 bits per heavy atom. The summed E-state index contributed by atoms with van der Waals surface area (Å²) >= 11 is 0. The third-order valence-electron chi connectivity index (χ3n) is 6.40. The number of hydrogen-bond donors (Lipinski definition) is 2. The first-order valence-electron chi connectivity index (χ1n) is 7.94. The summed E-state index contributed by atoms with van der Waals surface area (Å²) in [6.07, 6.45) is 8.09. The lowest BCUT2D eigenvalue weighted by Crippen LogP contribution is -2.67. The van der Waals surface area contributed by atoms with Gasteiger partial charge in [0, 0.05) is 18.5 Å². The molecule has 4 rings (SSSR count). The third kappa shape index (κ3) is 1.34. The van der Waals surface area contributed by atoms with E-state index >= 15 is 0 Å². The van der Waals surface area contributed by atoms with E-state index in [4.69, 9.17) is 0 Å². The van der Waals surface area contributed by atoms with Crippen molar-refractivity contribution >= 4 is 0 Å². The molecule has 0 aromatic rings. The number of nitrogens with zero attached hydrogens (tertiary/aromatic N) is 1. The second-order valence-electron chi connectivity index (χ2n) is 7.32. The Labute approximate surface area is 115 Å². The highest BCUT2D eigenvalue weighted by Gasteiger charge is 2.67. The topological polar surface area (TPSA) is 43.7 Å². The highest BCUT2D eigenvalue weighted by atomic mass is 16.3. The molecule has 2 saturated carbocycles. The van der Waals surface area contributed by atoms with Crippen LogP contribution < -0.4 is 0 Å². The van der Waals surface area contributed by atoms with Crippen molar-refractivity contribution in [1.82, 2.24) is 4.90 Å². The molecule has 0 amide bonds. The van der Waals surface area contributed by atoms with Crippen molar-refractivity contribution in [2.75, 3.05) is 13.1 Å². The van der Waals surface area contributed by atoms with Crippen LogP contribution in [0.25, 0.3) is 0 Å². The SMILES string of the molecule is C[C@H]1C[C@H]2C[C@H](O)C3=CCCN4CCC[C@@]32[C@@]4(O)C1. The third-order valence-corrected chi connectivity index (χ3v) is 6.40. The molecule has 2 N–H and O–H groups in total. The zero-order valence-corrected chi connectivity index (χ0v) is 11.8. The summed E-state index contributed by atoms with van der Waals surface area (Å²) in [5.41, 5.74) is 0.371. The molecular weight excluding hydrogens is 238 g/mol. The molecule has 0 aromatic carbocycles. The second kappa shape index (κ2) is 3.84. The molecule has 6 atom stereocenters. The second-order valence-corrected chi connectivity index (χ2v) is 7.32. The number of rotatable bonds is 0. The van der Waals surface area contributed by atoms with Gasteiger partial charge in [-0.25, -0.2) is 0 Å². The van der Waals surface area contributed by atoms with Gasteiger partial charge in [0.25, 0.3) is 0 Å². The summed E-state index contributed by atoms with van der Waals surface area (Å²) in [6.45, 7) is 4.24. The first-order valence-corrected chi connectivity index (χ1v) is 7.94. The van der Waals surface area contributed by atoms with E-state index in [1.54, 1.807) is 0 Å². The molecule has 1 spiro atoms. The van der Waals surface area contributed by atoms with Gasteiger partial charge in [-0.3, -0.25) is 4.90 Å². The summed E-state index contributed by atoms with van der Waals surface area (Å²) < 4.78 is 0. The van der Waals surface area contributed by atoms with Crippen LogP contribution in [0.1, 0.15) is 45.4 Å². The molecular formula is C16H25NO2. The summed E-state index contributed by atoms with van der Waals surface area (Å²) in [4.78, 5) is 2.33. The smallest absolute Gasteiger partial charge is 0.128 e. The molecule has 3 fully saturated rings. The van der Waals surface area contributed by atoms with Crippen LogP contribution in [0.3, 0.4) is 0 Å². The maximum absolute atomic E-state index is 11.6. The van der Waals surface area contributed by atoms with Crippen molar-refractivity contribution in [2.45, 2.75) is 57.3 Å². The maximum atomic E-state index is 11.6. The van der Waals surface area contributed by atoms with Crippen LogP contribution in [-0.4, -0.2) is 40.0 Å². The normalized spacial score (nSPS) is 56.3. The van der Waals surface area contributed by atoms with Gasteiger partial charge in [0.05, 0.1) is 6.10 Å². The fourth-order valence-corrected chi connectivity index (χ4v) is 5.91. The molecule has 1 saturated heterocycles. The first-order chi connectivity index (χ1) is 9.08. The van der Waals surface area contributed by atoms with Gasteiger partial charge < -0.3 is 10.2 Å². The summed E-state index contributed by atoms with van der Waals surface area (Å²) in [5, 5.41) is 22.1. The van der Waals surface area contributed by atoms with Crippen LogP contribution in [0.15, 0.2) is 11.6 Å². The first kappa shape index (κ1) is 12.4. The molecule has 4 aliphatic rings. The van der Waals surface area contributed by atoms with Gasteiger partial charge >= 0.3 is 0 Å². The molecule has 106 valence electrons. The fourth-order valence-electron chi connectivity index (χ4n) is 5.91. The zero-order valence-electron chi connectivity index (χ0n) is 11.8. The monoisotopic (exact) mass is 263 g/mol. The van der Waals surface area contributed by atoms with E-state index in [9.17, 15) is 10.2 Å². The Bertz CT molecular complexity index is 434. The van der Waals surface area contributed by atoms with Crippen LogP contribution in [0.2, 0.25) is 0 Å². The predicted molar refractivity (Wildman–Crippen MR) is 73.4 cm³/mol. The molecule has 2 aliphatic heterocycles. The molecule has 2 aliphatic carbocycles. The van der Waals surface area contributed by atoms with Gasteiger partial charge in [0.15, 0.2) is 0 Å². The number of aliphatic hydroxyl groups excluding tert-OH is 1. The van der Waals surface area contributed by atoms with Gasteiger partial charge in [-0.05, 0) is 55.9 Å². The number of hydrogen-bond acceptors (Lipinski definition) is 3. The molecule has 3 heteroatoms. The Balaban J connectivity index is 1.92. The van der Waals surface area contributed by atoms with E-state index < -0.39 is 5.72 Å². The van der Waals surface area contributed by atoms with E-state index in [0.29, 0.717) is 11.8 Å². The largest absolute Gasteiger partial charge is 0.389 e. The lowest BCUT2D eigenvalue weighted by atomic mass is 9.55. The highest BCUT2D eigenvalue weighted by molar-refractivity contribution is 5.34. The highest BCUT2D eigenvalue weighted by Crippen LogP contribution is 2.66. The lowest BCUT2D eigenvalue weighted by Gasteiger charge is -2.61. The van der Waals surface area contributed by atoms with Crippen LogP contribution in [-0.2, 0) is 0 Å². The molecule has 0 aromatic heterocycles. The van der Waals surface area contributed by atoms with Gasteiger partial charge in [-0.2, -0.15) is 0 Å². The van der Waals surface area contributed by atoms with Crippen molar-refractivity contribution in [3.8, 4) is 0 Å². The fraction of sp³-hybridized carbons (Fsp3) is 0.875. The lowest BCUT2D eigenvalue weighted by molar-refractivity contribution is -0.242. The quantitative estimate of drug-likeness (QED) is 0.656. The van der Waals surface area contributed by atoms with E-state index in [0.717, 1.165) is 45.2 Å². The minimum absolute atomic E-state index is 0.131. The van der Waals surface area contributed by atoms with Crippen molar-refractivity contribution < 1.29 is 10.2 Å². The molecule has 3 nitrogen and oxygen atoms in total. The van der Waals surface area contributed by atoms with Crippen molar-refractivity contribution in [3.63, 3.8) is 0 Å². The van der Waals surface area contributed by atoms with Gasteiger partial charge in [0.2, 0.25) is 0 Å². The van der Waals surface area contributed by atoms with Gasteiger partial charge in [-0.15, -0.1) is 0 Å². The molecule has 1 unspecified atom stereocenters. The van der Waals surface area contributed by atoms with Gasteiger partial charge in [0.1, 0.15) is 5.72 Å². The van der Waals surface area contributed by atoms with Crippen molar-refractivity contribution in [2.24, 2.45) is 17.3 Å². The van der Waals surface area contributed by atoms with Crippen LogP contribution in [0.5, 0.6) is 0 Å².